The van der Waals surface area contributed by atoms with Gasteiger partial charge in [-0.05, 0) is 37.0 Å². The quantitative estimate of drug-likeness (QED) is 0.905. The number of aryl methyl sites for hydroxylation is 1. The monoisotopic (exact) mass is 357 g/mol. The number of aromatic nitrogens is 2. The van der Waals surface area contributed by atoms with E-state index in [9.17, 15) is 18.0 Å². The average Bonchev–Trinajstić information content (AvgIpc) is 2.88. The summed E-state index contributed by atoms with van der Waals surface area (Å²) in [6.07, 6.45) is -0.850. The molecule has 0 fully saturated rings. The van der Waals surface area contributed by atoms with Crippen molar-refractivity contribution in [2.45, 2.75) is 38.0 Å². The molecule has 0 radical (unpaired) electrons. The van der Waals surface area contributed by atoms with Crippen LogP contribution < -0.4 is 5.32 Å². The van der Waals surface area contributed by atoms with E-state index >= 15 is 0 Å². The van der Waals surface area contributed by atoms with Crippen molar-refractivity contribution in [1.29, 1.82) is 0 Å². The fourth-order valence-corrected chi connectivity index (χ4v) is 3.11. The van der Waals surface area contributed by atoms with Crippen LogP contribution in [0.25, 0.3) is 0 Å². The second-order valence-corrected chi connectivity index (χ2v) is 6.16. The van der Waals surface area contributed by atoms with E-state index < -0.39 is 18.8 Å². The Morgan fingerprint density at radius 2 is 2.12 bits per heavy atom. The molecular weight excluding hydrogens is 343 g/mol. The Kier molecular flexibility index (Phi) is 4.54. The molecule has 1 heterocycles. The topological polar surface area (TPSA) is 46.9 Å². The molecule has 0 bridgehead atoms. The van der Waals surface area contributed by atoms with Crippen LogP contribution in [0.4, 0.5) is 13.2 Å². The van der Waals surface area contributed by atoms with E-state index in [0.717, 1.165) is 16.7 Å². The number of hydrogen-bond acceptors (Lipinski definition) is 2. The Hall–Kier alpha value is -2.02. The number of carbonyl (C=O) groups is 1. The van der Waals surface area contributed by atoms with Crippen molar-refractivity contribution in [1.82, 2.24) is 15.1 Å². The number of fused-ring (bicyclic) bond motifs is 1. The zero-order valence-electron chi connectivity index (χ0n) is 12.6. The second-order valence-electron chi connectivity index (χ2n) is 5.75. The van der Waals surface area contributed by atoms with Crippen LogP contribution >= 0.6 is 11.6 Å². The zero-order valence-corrected chi connectivity index (χ0v) is 13.4. The number of nitrogens with zero attached hydrogens (tertiary/aromatic N) is 2. The largest absolute Gasteiger partial charge is 0.408 e. The molecule has 24 heavy (non-hydrogen) atoms. The molecule has 3 rings (SSSR count). The molecule has 0 spiro atoms. The van der Waals surface area contributed by atoms with Crippen LogP contribution in [0.5, 0.6) is 0 Å². The van der Waals surface area contributed by atoms with E-state index in [1.165, 1.54) is 6.20 Å². The molecule has 2 aromatic rings. The summed E-state index contributed by atoms with van der Waals surface area (Å²) in [6.45, 7) is -1.13. The summed E-state index contributed by atoms with van der Waals surface area (Å²) in [6, 6.07) is 6.22. The number of rotatable bonds is 3. The molecule has 1 N–H and O–H groups in total. The van der Waals surface area contributed by atoms with E-state index in [1.54, 1.807) is 24.3 Å². The lowest BCUT2D eigenvalue weighted by molar-refractivity contribution is -0.142. The summed E-state index contributed by atoms with van der Waals surface area (Å²) in [5, 5.41) is 7.19. The molecule has 1 aromatic carbocycles. The second kappa shape index (κ2) is 6.47. The third-order valence-corrected chi connectivity index (χ3v) is 4.23. The number of hydrogen-bond donors (Lipinski definition) is 1. The molecule has 1 amide bonds. The summed E-state index contributed by atoms with van der Waals surface area (Å²) in [5.74, 6) is -0.358. The highest BCUT2D eigenvalue weighted by Gasteiger charge is 2.31. The van der Waals surface area contributed by atoms with Gasteiger partial charge in [-0.1, -0.05) is 23.7 Å². The highest BCUT2D eigenvalue weighted by Crippen LogP contribution is 2.30. The van der Waals surface area contributed by atoms with Crippen LogP contribution in [-0.2, 0) is 13.0 Å². The number of alkyl halides is 3. The fourth-order valence-electron chi connectivity index (χ4n) is 2.88. The smallest absolute Gasteiger partial charge is 0.344 e. The van der Waals surface area contributed by atoms with E-state index in [1.807, 2.05) is 0 Å². The van der Waals surface area contributed by atoms with Crippen molar-refractivity contribution in [2.75, 3.05) is 0 Å². The average molecular weight is 358 g/mol. The molecule has 1 aliphatic rings. The van der Waals surface area contributed by atoms with Crippen molar-refractivity contribution in [3.05, 3.63) is 52.3 Å². The van der Waals surface area contributed by atoms with Crippen LogP contribution in [-0.4, -0.2) is 21.9 Å². The van der Waals surface area contributed by atoms with Crippen LogP contribution in [0, 0.1) is 0 Å². The minimum absolute atomic E-state index is 0.327. The van der Waals surface area contributed by atoms with Gasteiger partial charge in [0.05, 0.1) is 22.3 Å². The summed E-state index contributed by atoms with van der Waals surface area (Å²) >= 11 is 6.01. The van der Waals surface area contributed by atoms with Crippen molar-refractivity contribution < 1.29 is 18.0 Å². The Morgan fingerprint density at radius 1 is 1.38 bits per heavy atom. The molecule has 0 saturated heterocycles. The van der Waals surface area contributed by atoms with E-state index in [-0.39, 0.29) is 5.91 Å². The van der Waals surface area contributed by atoms with Gasteiger partial charge in [0.2, 0.25) is 0 Å². The molecule has 0 unspecified atom stereocenters. The van der Waals surface area contributed by atoms with E-state index in [4.69, 9.17) is 11.6 Å². The third-order valence-electron chi connectivity index (χ3n) is 3.90. The minimum Gasteiger partial charge on any atom is -0.344 e. The SMILES string of the molecule is O=C(N[C@H]1CCCc2cn(CC(F)(F)F)nc21)c1ccccc1Cl. The first-order valence-corrected chi connectivity index (χ1v) is 7.89. The normalized spacial score (nSPS) is 17.4. The van der Waals surface area contributed by atoms with Crippen LogP contribution in [0.3, 0.4) is 0 Å². The predicted molar refractivity (Wildman–Crippen MR) is 82.9 cm³/mol. The van der Waals surface area contributed by atoms with Gasteiger partial charge in [0, 0.05) is 6.20 Å². The van der Waals surface area contributed by atoms with Crippen molar-refractivity contribution in [3.8, 4) is 0 Å². The molecule has 0 aliphatic heterocycles. The summed E-state index contributed by atoms with van der Waals surface area (Å²) in [5.41, 5.74) is 1.59. The zero-order chi connectivity index (χ0) is 17.3. The fraction of sp³-hybridized carbons (Fsp3) is 0.375. The van der Waals surface area contributed by atoms with Gasteiger partial charge in [0.1, 0.15) is 6.54 Å². The summed E-state index contributed by atoms with van der Waals surface area (Å²) in [4.78, 5) is 12.4. The lowest BCUT2D eigenvalue weighted by Gasteiger charge is -2.22. The molecule has 1 aliphatic carbocycles. The van der Waals surface area contributed by atoms with E-state index in [0.29, 0.717) is 29.1 Å². The maximum atomic E-state index is 12.5. The first kappa shape index (κ1) is 16.8. The van der Waals surface area contributed by atoms with Gasteiger partial charge in [-0.15, -0.1) is 0 Å². The minimum atomic E-state index is -4.33. The van der Waals surface area contributed by atoms with Crippen molar-refractivity contribution in [3.63, 3.8) is 0 Å². The van der Waals surface area contributed by atoms with Crippen LogP contribution in [0.2, 0.25) is 5.02 Å². The lowest BCUT2D eigenvalue weighted by Crippen LogP contribution is -2.31. The van der Waals surface area contributed by atoms with Gasteiger partial charge < -0.3 is 5.32 Å². The molecule has 8 heteroatoms. The summed E-state index contributed by atoms with van der Waals surface area (Å²) in [7, 11) is 0. The van der Waals surface area contributed by atoms with Gasteiger partial charge >= 0.3 is 6.18 Å². The third kappa shape index (κ3) is 3.72. The highest BCUT2D eigenvalue weighted by atomic mass is 35.5. The molecular formula is C16H15ClF3N3O. The van der Waals surface area contributed by atoms with Gasteiger partial charge in [-0.3, -0.25) is 9.48 Å². The first-order valence-electron chi connectivity index (χ1n) is 7.52. The number of benzene rings is 1. The van der Waals surface area contributed by atoms with Crippen molar-refractivity contribution >= 4 is 17.5 Å². The Balaban J connectivity index is 1.80. The van der Waals surface area contributed by atoms with Gasteiger partial charge in [0.25, 0.3) is 5.91 Å². The Morgan fingerprint density at radius 3 is 2.83 bits per heavy atom. The maximum absolute atomic E-state index is 12.5. The van der Waals surface area contributed by atoms with E-state index in [2.05, 4.69) is 10.4 Å². The van der Waals surface area contributed by atoms with Crippen LogP contribution in [0.15, 0.2) is 30.5 Å². The summed E-state index contributed by atoms with van der Waals surface area (Å²) < 4.78 is 38.5. The number of halogens is 4. The maximum Gasteiger partial charge on any atom is 0.408 e. The van der Waals surface area contributed by atoms with Gasteiger partial charge in [0.15, 0.2) is 0 Å². The molecule has 1 aromatic heterocycles. The van der Waals surface area contributed by atoms with Crippen LogP contribution in [0.1, 0.15) is 40.5 Å². The number of carbonyl (C=O) groups excluding carboxylic acids is 1. The Labute approximate surface area is 141 Å². The van der Waals surface area contributed by atoms with Crippen molar-refractivity contribution in [2.24, 2.45) is 0 Å². The molecule has 0 saturated carbocycles. The standard InChI is InChI=1S/C16H15ClF3N3O/c17-12-6-2-1-5-11(12)15(24)21-13-7-3-4-10-8-23(22-14(10)13)9-16(18,19)20/h1-2,5-6,8,13H,3-4,7,9H2,(H,21,24)/t13-/m0/s1. The molecule has 128 valence electrons. The highest BCUT2D eigenvalue weighted by molar-refractivity contribution is 6.33. The Bertz CT molecular complexity index is 757. The lowest BCUT2D eigenvalue weighted by atomic mass is 9.93. The van der Waals surface area contributed by atoms with Gasteiger partial charge in [-0.25, -0.2) is 0 Å². The molecule has 4 nitrogen and oxygen atoms in total. The van der Waals surface area contributed by atoms with Gasteiger partial charge in [-0.2, -0.15) is 18.3 Å². The number of amides is 1. The predicted octanol–water partition coefficient (Wildman–Crippen LogP) is 3.91. The molecule has 1 atom stereocenters. The first-order chi connectivity index (χ1) is 11.3. The number of nitrogens with one attached hydrogen (secondary N) is 1.